The van der Waals surface area contributed by atoms with Crippen LogP contribution in [0, 0.1) is 11.8 Å². The maximum atomic E-state index is 3.47. The first-order valence-electron chi connectivity index (χ1n) is 7.32. The normalized spacial score (nSPS) is 23.5. The van der Waals surface area contributed by atoms with Gasteiger partial charge in [-0.15, -0.1) is 0 Å². The van der Waals surface area contributed by atoms with Crippen LogP contribution in [-0.2, 0) is 13.0 Å². The van der Waals surface area contributed by atoms with Crippen molar-refractivity contribution in [2.45, 2.75) is 33.2 Å². The average Bonchev–Trinajstić information content (AvgIpc) is 2.87. The Morgan fingerprint density at radius 2 is 2.22 bits per heavy atom. The summed E-state index contributed by atoms with van der Waals surface area (Å²) in [6.07, 6.45) is 2.55. The third kappa shape index (κ3) is 2.14. The van der Waals surface area contributed by atoms with E-state index < -0.39 is 0 Å². The van der Waals surface area contributed by atoms with Crippen LogP contribution in [0.1, 0.15) is 31.4 Å². The van der Waals surface area contributed by atoms with Gasteiger partial charge in [0.2, 0.25) is 0 Å². The maximum absolute atomic E-state index is 3.47. The van der Waals surface area contributed by atoms with Crippen molar-refractivity contribution < 1.29 is 0 Å². The fourth-order valence-corrected chi connectivity index (χ4v) is 3.36. The van der Waals surface area contributed by atoms with Gasteiger partial charge in [-0.1, -0.05) is 26.0 Å². The minimum Gasteiger partial charge on any atom is -0.371 e. The molecule has 3 rings (SSSR count). The van der Waals surface area contributed by atoms with Gasteiger partial charge in [-0.3, -0.25) is 0 Å². The van der Waals surface area contributed by atoms with Gasteiger partial charge in [0, 0.05) is 25.3 Å². The van der Waals surface area contributed by atoms with Crippen LogP contribution in [0.15, 0.2) is 18.2 Å². The van der Waals surface area contributed by atoms with E-state index in [4.69, 9.17) is 0 Å². The molecule has 0 aromatic heterocycles. The molecule has 2 aliphatic heterocycles. The topological polar surface area (TPSA) is 15.3 Å². The molecule has 2 nitrogen and oxygen atoms in total. The van der Waals surface area contributed by atoms with Crippen LogP contribution < -0.4 is 10.2 Å². The summed E-state index contributed by atoms with van der Waals surface area (Å²) in [4.78, 5) is 2.62. The van der Waals surface area contributed by atoms with Gasteiger partial charge in [-0.05, 0) is 48.4 Å². The minimum absolute atomic E-state index is 0.816. The Hall–Kier alpha value is -1.02. The highest BCUT2D eigenvalue weighted by Gasteiger charge is 2.27. The highest BCUT2D eigenvalue weighted by Crippen LogP contribution is 2.32. The summed E-state index contributed by atoms with van der Waals surface area (Å²) in [5.41, 5.74) is 4.62. The lowest BCUT2D eigenvalue weighted by Gasteiger charge is -2.27. The molecule has 1 unspecified atom stereocenters. The van der Waals surface area contributed by atoms with Crippen LogP contribution in [0.2, 0.25) is 0 Å². The van der Waals surface area contributed by atoms with E-state index in [0.717, 1.165) is 24.9 Å². The first kappa shape index (κ1) is 12.0. The van der Waals surface area contributed by atoms with Crippen molar-refractivity contribution in [2.24, 2.45) is 11.8 Å². The molecule has 0 radical (unpaired) electrons. The number of benzene rings is 1. The van der Waals surface area contributed by atoms with Gasteiger partial charge in [-0.25, -0.2) is 0 Å². The molecule has 2 aliphatic rings. The fraction of sp³-hybridized carbons (Fsp3) is 0.625. The summed E-state index contributed by atoms with van der Waals surface area (Å²) in [5, 5.41) is 3.47. The summed E-state index contributed by atoms with van der Waals surface area (Å²) in [6.45, 7) is 9.39. The van der Waals surface area contributed by atoms with Crippen molar-refractivity contribution in [1.82, 2.24) is 5.32 Å². The first-order valence-corrected chi connectivity index (χ1v) is 7.32. The molecular formula is C16H24N2. The Bertz CT molecular complexity index is 425. The second-order valence-corrected chi connectivity index (χ2v) is 6.08. The molecule has 1 atom stereocenters. The zero-order valence-corrected chi connectivity index (χ0v) is 11.6. The van der Waals surface area contributed by atoms with E-state index >= 15 is 0 Å². The van der Waals surface area contributed by atoms with Crippen LogP contribution >= 0.6 is 0 Å². The van der Waals surface area contributed by atoms with Crippen LogP contribution in [0.5, 0.6) is 0 Å². The molecule has 1 aromatic carbocycles. The van der Waals surface area contributed by atoms with Crippen molar-refractivity contribution >= 4 is 5.69 Å². The Morgan fingerprint density at radius 3 is 3.00 bits per heavy atom. The second kappa shape index (κ2) is 4.93. The predicted molar refractivity (Wildman–Crippen MR) is 77.0 cm³/mol. The molecule has 0 saturated carbocycles. The van der Waals surface area contributed by atoms with Crippen molar-refractivity contribution in [2.75, 3.05) is 24.5 Å². The number of fused-ring (bicyclic) bond motifs is 1. The molecule has 1 aromatic rings. The second-order valence-electron chi connectivity index (χ2n) is 6.08. The van der Waals surface area contributed by atoms with Gasteiger partial charge in [0.15, 0.2) is 0 Å². The molecular weight excluding hydrogens is 220 g/mol. The van der Waals surface area contributed by atoms with Crippen LogP contribution in [0.3, 0.4) is 0 Å². The Morgan fingerprint density at radius 1 is 1.33 bits per heavy atom. The number of hydrogen-bond donors (Lipinski definition) is 1. The Balaban J connectivity index is 1.85. The largest absolute Gasteiger partial charge is 0.371 e. The monoisotopic (exact) mass is 244 g/mol. The van der Waals surface area contributed by atoms with E-state index in [1.165, 1.54) is 37.2 Å². The van der Waals surface area contributed by atoms with Crippen LogP contribution in [0.25, 0.3) is 0 Å². The molecule has 98 valence electrons. The zero-order valence-electron chi connectivity index (χ0n) is 11.6. The van der Waals surface area contributed by atoms with Gasteiger partial charge in [0.1, 0.15) is 0 Å². The lowest BCUT2D eigenvalue weighted by Crippen LogP contribution is -2.28. The molecule has 1 saturated heterocycles. The summed E-state index contributed by atoms with van der Waals surface area (Å²) in [7, 11) is 0. The summed E-state index contributed by atoms with van der Waals surface area (Å²) >= 11 is 0. The highest BCUT2D eigenvalue weighted by atomic mass is 15.2. The number of rotatable bonds is 2. The molecule has 18 heavy (non-hydrogen) atoms. The molecule has 0 amide bonds. The van der Waals surface area contributed by atoms with E-state index in [2.05, 4.69) is 42.3 Å². The fourth-order valence-electron chi connectivity index (χ4n) is 3.36. The van der Waals surface area contributed by atoms with Crippen molar-refractivity contribution in [3.8, 4) is 0 Å². The lowest BCUT2D eigenvalue weighted by atomic mass is 9.95. The average molecular weight is 244 g/mol. The van der Waals surface area contributed by atoms with Gasteiger partial charge in [0.05, 0.1) is 0 Å². The molecule has 0 bridgehead atoms. The van der Waals surface area contributed by atoms with E-state index in [0.29, 0.717) is 0 Å². The predicted octanol–water partition coefficient (Wildman–Crippen LogP) is 2.81. The third-order valence-electron chi connectivity index (χ3n) is 4.62. The maximum Gasteiger partial charge on any atom is 0.0402 e. The van der Waals surface area contributed by atoms with Gasteiger partial charge in [-0.2, -0.15) is 0 Å². The van der Waals surface area contributed by atoms with E-state index in [9.17, 15) is 0 Å². The Kier molecular flexibility index (Phi) is 3.29. The molecule has 1 N–H and O–H groups in total. The Labute approximate surface area is 110 Å². The van der Waals surface area contributed by atoms with Crippen LogP contribution in [-0.4, -0.2) is 19.6 Å². The third-order valence-corrected chi connectivity index (χ3v) is 4.62. The zero-order chi connectivity index (χ0) is 12.5. The number of hydrogen-bond acceptors (Lipinski definition) is 2. The van der Waals surface area contributed by atoms with E-state index in [1.807, 2.05) is 0 Å². The van der Waals surface area contributed by atoms with E-state index in [1.54, 1.807) is 5.56 Å². The van der Waals surface area contributed by atoms with Gasteiger partial charge < -0.3 is 10.2 Å². The SMILES string of the molecule is CC(C)C1CCN(c2cccc3c2CCNC3)C1. The van der Waals surface area contributed by atoms with Crippen molar-refractivity contribution in [3.05, 3.63) is 29.3 Å². The standard InChI is InChI=1S/C16H24N2/c1-12(2)14-7-9-18(11-14)16-5-3-4-13-10-17-8-6-15(13)16/h3-5,12,14,17H,6-11H2,1-2H3. The van der Waals surface area contributed by atoms with Crippen molar-refractivity contribution in [3.63, 3.8) is 0 Å². The molecule has 0 spiro atoms. The highest BCUT2D eigenvalue weighted by molar-refractivity contribution is 5.58. The van der Waals surface area contributed by atoms with E-state index in [-0.39, 0.29) is 0 Å². The number of nitrogens with zero attached hydrogens (tertiary/aromatic N) is 1. The molecule has 2 heteroatoms. The number of nitrogens with one attached hydrogen (secondary N) is 1. The van der Waals surface area contributed by atoms with Gasteiger partial charge in [0.25, 0.3) is 0 Å². The molecule has 2 heterocycles. The van der Waals surface area contributed by atoms with Gasteiger partial charge >= 0.3 is 0 Å². The van der Waals surface area contributed by atoms with Crippen LogP contribution in [0.4, 0.5) is 5.69 Å². The summed E-state index contributed by atoms with van der Waals surface area (Å²) < 4.78 is 0. The minimum atomic E-state index is 0.816. The van der Waals surface area contributed by atoms with Crippen molar-refractivity contribution in [1.29, 1.82) is 0 Å². The quantitative estimate of drug-likeness (QED) is 0.860. The first-order chi connectivity index (χ1) is 8.75. The lowest BCUT2D eigenvalue weighted by molar-refractivity contribution is 0.422. The summed E-state index contributed by atoms with van der Waals surface area (Å²) in [6, 6.07) is 6.83. The molecule has 1 fully saturated rings. The molecule has 0 aliphatic carbocycles. The summed E-state index contributed by atoms with van der Waals surface area (Å²) in [5.74, 6) is 1.69. The smallest absolute Gasteiger partial charge is 0.0402 e. The number of anilines is 1.